The van der Waals surface area contributed by atoms with Gasteiger partial charge in [0.1, 0.15) is 11.6 Å². The van der Waals surface area contributed by atoms with Gasteiger partial charge in [-0.3, -0.25) is 4.57 Å². The van der Waals surface area contributed by atoms with Crippen LogP contribution in [0.5, 0.6) is 0 Å². The topological polar surface area (TPSA) is 64.1 Å². The molecule has 0 bridgehead atoms. The Balaban J connectivity index is 2.25. The number of aliphatic hydroxyl groups excluding tert-OH is 1. The fraction of sp³-hybridized carbons (Fsp3) is 0.500. The van der Waals surface area contributed by atoms with E-state index in [1.54, 1.807) is 6.26 Å². The maximum atomic E-state index is 8.89. The number of hydrogen-bond acceptors (Lipinski definition) is 5. The van der Waals surface area contributed by atoms with E-state index in [1.807, 2.05) is 16.7 Å². The summed E-state index contributed by atoms with van der Waals surface area (Å²) < 4.78 is 7.41. The van der Waals surface area contributed by atoms with Crippen molar-refractivity contribution in [2.45, 2.75) is 31.5 Å². The third kappa shape index (κ3) is 2.94. The average Bonchev–Trinajstić information content (AvgIpc) is 2.97. The van der Waals surface area contributed by atoms with E-state index in [-0.39, 0.29) is 6.61 Å². The van der Waals surface area contributed by atoms with Crippen LogP contribution in [0.15, 0.2) is 28.0 Å². The van der Waals surface area contributed by atoms with Gasteiger partial charge in [0.25, 0.3) is 0 Å². The quantitative estimate of drug-likeness (QED) is 0.812. The van der Waals surface area contributed by atoms with Gasteiger partial charge >= 0.3 is 0 Å². The number of nitrogens with zero attached hydrogens (tertiary/aromatic N) is 3. The molecule has 2 aromatic rings. The van der Waals surface area contributed by atoms with Gasteiger partial charge in [-0.05, 0) is 12.1 Å². The van der Waals surface area contributed by atoms with Crippen LogP contribution in [-0.4, -0.2) is 32.2 Å². The van der Waals surface area contributed by atoms with Crippen LogP contribution in [0.4, 0.5) is 0 Å². The molecule has 2 rings (SSSR count). The maximum Gasteiger partial charge on any atom is 0.191 e. The van der Waals surface area contributed by atoms with E-state index in [1.165, 1.54) is 11.8 Å². The van der Waals surface area contributed by atoms with E-state index in [4.69, 9.17) is 9.52 Å². The summed E-state index contributed by atoms with van der Waals surface area (Å²) in [6, 6.07) is 3.81. The highest BCUT2D eigenvalue weighted by molar-refractivity contribution is 7.99. The summed E-state index contributed by atoms with van der Waals surface area (Å²) in [4.78, 5) is 0. The van der Waals surface area contributed by atoms with Gasteiger partial charge in [0.05, 0.1) is 19.4 Å². The largest absolute Gasteiger partial charge is 0.467 e. The highest BCUT2D eigenvalue weighted by Gasteiger charge is 2.16. The van der Waals surface area contributed by atoms with Crippen molar-refractivity contribution in [2.75, 3.05) is 12.4 Å². The fourth-order valence-corrected chi connectivity index (χ4v) is 2.36. The summed E-state index contributed by atoms with van der Waals surface area (Å²) in [7, 11) is 0. The summed E-state index contributed by atoms with van der Waals surface area (Å²) in [5, 5.41) is 18.1. The Bertz CT molecular complexity index is 479. The predicted molar refractivity (Wildman–Crippen MR) is 69.7 cm³/mol. The first-order valence-corrected chi connectivity index (χ1v) is 6.90. The Kier molecular flexibility index (Phi) is 4.43. The smallest absolute Gasteiger partial charge is 0.191 e. The first-order valence-electron chi connectivity index (χ1n) is 5.91. The summed E-state index contributed by atoms with van der Waals surface area (Å²) in [6.07, 6.45) is 1.66. The van der Waals surface area contributed by atoms with Crippen LogP contribution in [-0.2, 0) is 6.54 Å². The lowest BCUT2D eigenvalue weighted by Gasteiger charge is -2.10. The van der Waals surface area contributed by atoms with Crippen molar-refractivity contribution < 1.29 is 9.52 Å². The summed E-state index contributed by atoms with van der Waals surface area (Å²) >= 11 is 1.50. The Hall–Kier alpha value is -1.27. The van der Waals surface area contributed by atoms with E-state index in [2.05, 4.69) is 24.0 Å². The molecule has 0 radical (unpaired) electrons. The molecule has 0 saturated heterocycles. The second kappa shape index (κ2) is 6.06. The molecule has 0 fully saturated rings. The molecule has 98 valence electrons. The number of thioether (sulfide) groups is 1. The molecular formula is C12H17N3O2S. The molecule has 2 aromatic heterocycles. The summed E-state index contributed by atoms with van der Waals surface area (Å²) in [6.45, 7) is 4.93. The average molecular weight is 267 g/mol. The molecule has 0 saturated carbocycles. The van der Waals surface area contributed by atoms with Gasteiger partial charge < -0.3 is 9.52 Å². The molecule has 0 aliphatic heterocycles. The zero-order chi connectivity index (χ0) is 13.0. The molecule has 6 heteroatoms. The number of aromatic nitrogens is 3. The zero-order valence-electron chi connectivity index (χ0n) is 10.5. The number of furan rings is 1. The number of aliphatic hydroxyl groups is 1. The van der Waals surface area contributed by atoms with Crippen molar-refractivity contribution in [3.8, 4) is 0 Å². The minimum Gasteiger partial charge on any atom is -0.467 e. The van der Waals surface area contributed by atoms with Crippen LogP contribution < -0.4 is 0 Å². The maximum absolute atomic E-state index is 8.89. The first-order chi connectivity index (χ1) is 8.72. The normalized spacial score (nSPS) is 11.3. The van der Waals surface area contributed by atoms with Gasteiger partial charge in [-0.15, -0.1) is 10.2 Å². The van der Waals surface area contributed by atoms with Crippen LogP contribution in [0.1, 0.15) is 31.4 Å². The van der Waals surface area contributed by atoms with Crippen molar-refractivity contribution in [3.63, 3.8) is 0 Å². The van der Waals surface area contributed by atoms with E-state index >= 15 is 0 Å². The van der Waals surface area contributed by atoms with E-state index < -0.39 is 0 Å². The minimum atomic E-state index is 0.134. The van der Waals surface area contributed by atoms with Crippen LogP contribution in [0.2, 0.25) is 0 Å². The molecule has 1 N–H and O–H groups in total. The molecule has 2 heterocycles. The molecular weight excluding hydrogens is 250 g/mol. The first kappa shape index (κ1) is 13.2. The second-order valence-corrected chi connectivity index (χ2v) is 5.30. The van der Waals surface area contributed by atoms with Crippen molar-refractivity contribution in [3.05, 3.63) is 30.0 Å². The van der Waals surface area contributed by atoms with Crippen LogP contribution in [0.25, 0.3) is 0 Å². The standard InChI is InChI=1S/C12H17N3O2S/c1-9(2)11-13-14-12(18-7-5-16)15(11)8-10-4-3-6-17-10/h3-4,6,9,16H,5,7-8H2,1-2H3. The Labute approximate surface area is 110 Å². The molecule has 0 unspecified atom stereocenters. The van der Waals surface area contributed by atoms with Crippen molar-refractivity contribution in [2.24, 2.45) is 0 Å². The van der Waals surface area contributed by atoms with Crippen LogP contribution in [0, 0.1) is 0 Å². The van der Waals surface area contributed by atoms with E-state index in [0.29, 0.717) is 18.2 Å². The van der Waals surface area contributed by atoms with Crippen molar-refractivity contribution in [1.82, 2.24) is 14.8 Å². The summed E-state index contributed by atoms with van der Waals surface area (Å²) in [5.41, 5.74) is 0. The van der Waals surface area contributed by atoms with Gasteiger partial charge in [0, 0.05) is 11.7 Å². The molecule has 0 spiro atoms. The Morgan fingerprint density at radius 3 is 2.89 bits per heavy atom. The number of rotatable bonds is 6. The Morgan fingerprint density at radius 2 is 2.28 bits per heavy atom. The zero-order valence-corrected chi connectivity index (χ0v) is 11.4. The minimum absolute atomic E-state index is 0.134. The molecule has 18 heavy (non-hydrogen) atoms. The molecule has 0 aliphatic rings. The Morgan fingerprint density at radius 1 is 1.44 bits per heavy atom. The lowest BCUT2D eigenvalue weighted by molar-refractivity contribution is 0.322. The number of hydrogen-bond donors (Lipinski definition) is 1. The highest BCUT2D eigenvalue weighted by atomic mass is 32.2. The second-order valence-electron chi connectivity index (χ2n) is 4.23. The summed E-state index contributed by atoms with van der Waals surface area (Å²) in [5.74, 6) is 2.74. The van der Waals surface area contributed by atoms with Crippen LogP contribution >= 0.6 is 11.8 Å². The lowest BCUT2D eigenvalue weighted by Crippen LogP contribution is -2.08. The van der Waals surface area contributed by atoms with Gasteiger partial charge in [0.2, 0.25) is 0 Å². The molecule has 0 aromatic carbocycles. The van der Waals surface area contributed by atoms with Gasteiger partial charge in [-0.2, -0.15) is 0 Å². The lowest BCUT2D eigenvalue weighted by atomic mass is 10.2. The third-order valence-corrected chi connectivity index (χ3v) is 3.43. The van der Waals surface area contributed by atoms with Crippen LogP contribution in [0.3, 0.4) is 0 Å². The van der Waals surface area contributed by atoms with E-state index in [0.717, 1.165) is 16.7 Å². The van der Waals surface area contributed by atoms with Gasteiger partial charge in [-0.1, -0.05) is 25.6 Å². The van der Waals surface area contributed by atoms with Gasteiger partial charge in [0.15, 0.2) is 5.16 Å². The monoisotopic (exact) mass is 267 g/mol. The molecule has 0 amide bonds. The van der Waals surface area contributed by atoms with E-state index in [9.17, 15) is 0 Å². The molecule has 5 nitrogen and oxygen atoms in total. The SMILES string of the molecule is CC(C)c1nnc(SCCO)n1Cc1ccco1. The highest BCUT2D eigenvalue weighted by Crippen LogP contribution is 2.22. The van der Waals surface area contributed by atoms with Crippen molar-refractivity contribution in [1.29, 1.82) is 0 Å². The fourth-order valence-electron chi connectivity index (χ4n) is 1.68. The van der Waals surface area contributed by atoms with Gasteiger partial charge in [-0.25, -0.2) is 0 Å². The molecule has 0 aliphatic carbocycles. The van der Waals surface area contributed by atoms with Crippen molar-refractivity contribution >= 4 is 11.8 Å². The third-order valence-electron chi connectivity index (χ3n) is 2.48. The predicted octanol–water partition coefficient (Wildman–Crippen LogP) is 2.13. The molecule has 0 atom stereocenters.